The van der Waals surface area contributed by atoms with Crippen LogP contribution in [0.3, 0.4) is 0 Å². The second kappa shape index (κ2) is 6.50. The van der Waals surface area contributed by atoms with E-state index in [1.807, 2.05) is 19.9 Å². The second-order valence-corrected chi connectivity index (χ2v) is 14.7. The van der Waals surface area contributed by atoms with Crippen LogP contribution in [0.1, 0.15) is 34.6 Å². The van der Waals surface area contributed by atoms with Gasteiger partial charge in [0, 0.05) is 0 Å². The van der Waals surface area contributed by atoms with Crippen molar-refractivity contribution in [3.63, 3.8) is 0 Å². The predicted octanol–water partition coefficient (Wildman–Crippen LogP) is 5.16. The number of rotatable bonds is 4. The summed E-state index contributed by atoms with van der Waals surface area (Å²) in [6, 6.07) is 0. The minimum Gasteiger partial charge on any atom is -0.414 e. The molecule has 1 aliphatic heterocycles. The van der Waals surface area contributed by atoms with Crippen LogP contribution in [-0.4, -0.2) is 32.9 Å². The molecule has 1 aliphatic rings. The van der Waals surface area contributed by atoms with Gasteiger partial charge in [-0.25, -0.2) is 0 Å². The third-order valence-corrected chi connectivity index (χ3v) is 8.96. The molecule has 20 heavy (non-hydrogen) atoms. The molecule has 1 saturated heterocycles. The van der Waals surface area contributed by atoms with Gasteiger partial charge in [0.15, 0.2) is 14.1 Å². The fourth-order valence-electron chi connectivity index (χ4n) is 1.76. The molecule has 0 aromatic rings. The molecule has 1 rings (SSSR count). The Morgan fingerprint density at radius 2 is 1.80 bits per heavy atom. The molecule has 0 N–H and O–H groups in total. The summed E-state index contributed by atoms with van der Waals surface area (Å²) in [7, 11) is -1.77. The third kappa shape index (κ3) is 5.21. The highest BCUT2D eigenvalue weighted by atomic mass is 79.9. The van der Waals surface area contributed by atoms with Crippen LogP contribution in [0, 0.1) is 0 Å². The lowest BCUT2D eigenvalue weighted by Gasteiger charge is -2.37. The van der Waals surface area contributed by atoms with Crippen molar-refractivity contribution >= 4 is 40.2 Å². The van der Waals surface area contributed by atoms with Gasteiger partial charge >= 0.3 is 0 Å². The third-order valence-electron chi connectivity index (χ3n) is 3.93. The zero-order valence-corrected chi connectivity index (χ0v) is 17.6. The van der Waals surface area contributed by atoms with Crippen LogP contribution in [0.4, 0.5) is 0 Å². The molecular weight excluding hydrogens is 404 g/mol. The van der Waals surface area contributed by atoms with Crippen LogP contribution < -0.4 is 0 Å². The Balaban J connectivity index is 2.73. The zero-order valence-electron chi connectivity index (χ0n) is 13.4. The van der Waals surface area contributed by atoms with Crippen LogP contribution in [-0.2, 0) is 13.9 Å². The van der Waals surface area contributed by atoms with Crippen molar-refractivity contribution in [1.82, 2.24) is 0 Å². The van der Waals surface area contributed by atoms with Crippen molar-refractivity contribution in [2.75, 3.05) is 6.61 Å². The average molecular weight is 430 g/mol. The number of halogens is 2. The molecule has 0 radical (unpaired) electrons. The van der Waals surface area contributed by atoms with Crippen molar-refractivity contribution in [3.05, 3.63) is 9.47 Å². The van der Waals surface area contributed by atoms with Gasteiger partial charge in [-0.3, -0.25) is 0 Å². The molecule has 1 heterocycles. The minimum atomic E-state index is -1.77. The topological polar surface area (TPSA) is 27.7 Å². The molecule has 0 saturated carbocycles. The molecular formula is C14H26Br2O3Si. The lowest BCUT2D eigenvalue weighted by Crippen LogP contribution is -2.43. The second-order valence-electron chi connectivity index (χ2n) is 7.17. The smallest absolute Gasteiger partial charge is 0.192 e. The van der Waals surface area contributed by atoms with E-state index in [1.54, 1.807) is 0 Å². The van der Waals surface area contributed by atoms with Gasteiger partial charge in [0.25, 0.3) is 0 Å². The fraction of sp³-hybridized carbons (Fsp3) is 0.857. The molecule has 0 unspecified atom stereocenters. The first-order valence-corrected chi connectivity index (χ1v) is 11.4. The Morgan fingerprint density at radius 3 is 2.25 bits per heavy atom. The number of ether oxygens (including phenoxy) is 2. The van der Waals surface area contributed by atoms with E-state index in [9.17, 15) is 0 Å². The van der Waals surface area contributed by atoms with Crippen LogP contribution in [0.15, 0.2) is 9.47 Å². The van der Waals surface area contributed by atoms with E-state index in [0.717, 1.165) is 3.39 Å². The first-order chi connectivity index (χ1) is 8.84. The van der Waals surface area contributed by atoms with Crippen molar-refractivity contribution in [1.29, 1.82) is 0 Å². The largest absolute Gasteiger partial charge is 0.414 e. The molecule has 118 valence electrons. The molecule has 6 heteroatoms. The summed E-state index contributed by atoms with van der Waals surface area (Å²) >= 11 is 6.76. The molecule has 0 aromatic heterocycles. The highest BCUT2D eigenvalue weighted by Gasteiger charge is 2.43. The van der Waals surface area contributed by atoms with Crippen LogP contribution in [0.25, 0.3) is 0 Å². The molecule has 1 fully saturated rings. The van der Waals surface area contributed by atoms with Gasteiger partial charge in [-0.05, 0) is 69.9 Å². The van der Waals surface area contributed by atoms with Gasteiger partial charge in [-0.1, -0.05) is 20.8 Å². The zero-order chi connectivity index (χ0) is 15.8. The average Bonchev–Trinajstić information content (AvgIpc) is 2.47. The molecule has 0 bridgehead atoms. The van der Waals surface area contributed by atoms with Crippen LogP contribution in [0.5, 0.6) is 0 Å². The highest BCUT2D eigenvalue weighted by Crippen LogP contribution is 2.38. The van der Waals surface area contributed by atoms with Crippen LogP contribution in [0.2, 0.25) is 18.1 Å². The molecule has 0 aromatic carbocycles. The Morgan fingerprint density at radius 1 is 1.25 bits per heavy atom. The molecule has 0 aliphatic carbocycles. The van der Waals surface area contributed by atoms with E-state index < -0.39 is 14.1 Å². The lowest BCUT2D eigenvalue weighted by molar-refractivity contribution is -0.145. The normalized spacial score (nSPS) is 26.6. The Kier molecular flexibility index (Phi) is 6.13. The van der Waals surface area contributed by atoms with E-state index >= 15 is 0 Å². The first-order valence-electron chi connectivity index (χ1n) is 6.86. The maximum absolute atomic E-state index is 6.26. The van der Waals surface area contributed by atoms with Crippen molar-refractivity contribution < 1.29 is 13.9 Å². The summed E-state index contributed by atoms with van der Waals surface area (Å²) in [5.74, 6) is -0.571. The van der Waals surface area contributed by atoms with Crippen molar-refractivity contribution in [3.8, 4) is 0 Å². The Bertz CT molecular complexity index is 371. The number of hydrogen-bond donors (Lipinski definition) is 0. The van der Waals surface area contributed by atoms with Gasteiger partial charge in [0.1, 0.15) is 12.2 Å². The van der Waals surface area contributed by atoms with Gasteiger partial charge in [-0.2, -0.15) is 0 Å². The van der Waals surface area contributed by atoms with E-state index in [2.05, 4.69) is 65.7 Å². The number of hydrogen-bond acceptors (Lipinski definition) is 3. The van der Waals surface area contributed by atoms with Crippen molar-refractivity contribution in [2.24, 2.45) is 0 Å². The highest BCUT2D eigenvalue weighted by molar-refractivity contribution is 9.28. The van der Waals surface area contributed by atoms with Gasteiger partial charge in [0.05, 0.1) is 10.00 Å². The van der Waals surface area contributed by atoms with Gasteiger partial charge < -0.3 is 13.9 Å². The Hall–Kier alpha value is 0.797. The SMILES string of the molecule is CC1(C)O[C@@H](CO[Si](C)(C)C(C)(C)C)[C@@H](C=C(Br)Br)O1. The monoisotopic (exact) mass is 428 g/mol. The quantitative estimate of drug-likeness (QED) is 0.577. The fourth-order valence-corrected chi connectivity index (χ4v) is 3.30. The predicted molar refractivity (Wildman–Crippen MR) is 92.9 cm³/mol. The maximum atomic E-state index is 6.26. The van der Waals surface area contributed by atoms with Gasteiger partial charge in [0.2, 0.25) is 0 Å². The minimum absolute atomic E-state index is 0.0794. The summed E-state index contributed by atoms with van der Waals surface area (Å²) in [4.78, 5) is 0. The van der Waals surface area contributed by atoms with E-state index in [1.165, 1.54) is 0 Å². The van der Waals surface area contributed by atoms with Gasteiger partial charge in [-0.15, -0.1) is 0 Å². The summed E-state index contributed by atoms with van der Waals surface area (Å²) in [5, 5.41) is 0.198. The maximum Gasteiger partial charge on any atom is 0.192 e. The van der Waals surface area contributed by atoms with E-state index in [4.69, 9.17) is 13.9 Å². The summed E-state index contributed by atoms with van der Waals surface area (Å²) in [6.45, 7) is 15.6. The lowest BCUT2D eigenvalue weighted by atomic mass is 10.2. The summed E-state index contributed by atoms with van der Waals surface area (Å²) in [6.07, 6.45) is 1.78. The Labute approximate surface area is 140 Å². The van der Waals surface area contributed by atoms with Crippen molar-refractivity contribution in [2.45, 2.75) is 70.7 Å². The molecule has 0 spiro atoms. The molecule has 0 amide bonds. The molecule has 2 atom stereocenters. The molecule has 3 nitrogen and oxygen atoms in total. The standard InChI is InChI=1S/C14H26Br2O3Si/c1-13(2,3)20(6,7)17-9-11-10(8-12(15)16)18-14(4,5)19-11/h8,10-11H,9H2,1-7H3/t10-,11+/m1/s1. The van der Waals surface area contributed by atoms with Crippen LogP contribution >= 0.6 is 31.9 Å². The first kappa shape index (κ1) is 18.8. The summed E-state index contributed by atoms with van der Waals surface area (Å²) < 4.78 is 19.0. The summed E-state index contributed by atoms with van der Waals surface area (Å²) in [5.41, 5.74) is 0. The van der Waals surface area contributed by atoms with E-state index in [0.29, 0.717) is 6.61 Å². The van der Waals surface area contributed by atoms with E-state index in [-0.39, 0.29) is 17.2 Å².